The summed E-state index contributed by atoms with van der Waals surface area (Å²) in [6, 6.07) is 20.3. The van der Waals surface area contributed by atoms with Crippen molar-refractivity contribution in [1.82, 2.24) is 15.1 Å². The highest BCUT2D eigenvalue weighted by Crippen LogP contribution is 2.28. The van der Waals surface area contributed by atoms with Crippen molar-refractivity contribution in [1.29, 1.82) is 0 Å². The molecule has 0 spiro atoms. The van der Waals surface area contributed by atoms with E-state index in [0.717, 1.165) is 10.5 Å². The van der Waals surface area contributed by atoms with E-state index in [-0.39, 0.29) is 56.0 Å². The molecular formula is C29H27Cl2N3O4. The van der Waals surface area contributed by atoms with Gasteiger partial charge in [0.2, 0.25) is 11.8 Å². The fourth-order valence-corrected chi connectivity index (χ4v) is 5.07. The molecule has 0 saturated heterocycles. The molecule has 7 nitrogen and oxygen atoms in total. The van der Waals surface area contributed by atoms with Crippen LogP contribution in [0.3, 0.4) is 0 Å². The second-order valence-corrected chi connectivity index (χ2v) is 9.77. The van der Waals surface area contributed by atoms with E-state index in [2.05, 4.69) is 5.32 Å². The first-order valence-electron chi connectivity index (χ1n) is 12.2. The quantitative estimate of drug-likeness (QED) is 0.368. The Morgan fingerprint density at radius 1 is 0.868 bits per heavy atom. The topological polar surface area (TPSA) is 86.8 Å². The van der Waals surface area contributed by atoms with Gasteiger partial charge in [-0.2, -0.15) is 0 Å². The standard InChI is InChI=1S/C29H27Cl2N3O4/c1-32-27(36)25(17-19-9-3-2-4-10-19)34(18-22-23(30)13-7-14-24(22)31)26(35)15-8-16-33-28(37)20-11-5-6-12-21(20)29(33)38/h2-7,9-14,25H,8,15-18H2,1H3,(H,32,36). The van der Waals surface area contributed by atoms with Gasteiger partial charge in [0.1, 0.15) is 6.04 Å². The highest BCUT2D eigenvalue weighted by atomic mass is 35.5. The number of halogens is 2. The molecule has 0 aliphatic carbocycles. The molecule has 0 radical (unpaired) electrons. The van der Waals surface area contributed by atoms with Crippen LogP contribution in [0.25, 0.3) is 0 Å². The number of carbonyl (C=O) groups excluding carboxylic acids is 4. The van der Waals surface area contributed by atoms with Gasteiger partial charge in [0.15, 0.2) is 0 Å². The van der Waals surface area contributed by atoms with Crippen LogP contribution in [-0.4, -0.2) is 53.1 Å². The molecule has 0 aromatic heterocycles. The second-order valence-electron chi connectivity index (χ2n) is 8.95. The highest BCUT2D eigenvalue weighted by Gasteiger charge is 2.35. The lowest BCUT2D eigenvalue weighted by molar-refractivity contribution is -0.141. The monoisotopic (exact) mass is 551 g/mol. The normalized spacial score (nSPS) is 13.3. The largest absolute Gasteiger partial charge is 0.357 e. The molecule has 0 bridgehead atoms. The predicted molar refractivity (Wildman–Crippen MR) is 146 cm³/mol. The first-order valence-corrected chi connectivity index (χ1v) is 13.0. The second kappa shape index (κ2) is 12.2. The van der Waals surface area contributed by atoms with Crippen molar-refractivity contribution in [3.8, 4) is 0 Å². The van der Waals surface area contributed by atoms with Gasteiger partial charge in [0.25, 0.3) is 11.8 Å². The minimum absolute atomic E-state index is 0.0117. The van der Waals surface area contributed by atoms with E-state index >= 15 is 0 Å². The maximum atomic E-state index is 13.6. The summed E-state index contributed by atoms with van der Waals surface area (Å²) in [5.74, 6) is -1.39. The molecule has 4 amide bonds. The van der Waals surface area contributed by atoms with Crippen molar-refractivity contribution in [3.05, 3.63) is 105 Å². The van der Waals surface area contributed by atoms with E-state index in [1.807, 2.05) is 30.3 Å². The van der Waals surface area contributed by atoms with Gasteiger partial charge in [-0.05, 0) is 36.2 Å². The summed E-state index contributed by atoms with van der Waals surface area (Å²) in [5, 5.41) is 3.43. The molecule has 3 aromatic rings. The molecule has 0 saturated carbocycles. The Morgan fingerprint density at radius 3 is 2.03 bits per heavy atom. The Balaban J connectivity index is 1.55. The summed E-state index contributed by atoms with van der Waals surface area (Å²) in [6.45, 7) is 0.109. The van der Waals surface area contributed by atoms with Gasteiger partial charge in [-0.1, -0.05) is 71.7 Å². The van der Waals surface area contributed by atoms with E-state index in [1.165, 1.54) is 11.9 Å². The summed E-state index contributed by atoms with van der Waals surface area (Å²) >= 11 is 12.8. The van der Waals surface area contributed by atoms with E-state index in [4.69, 9.17) is 23.2 Å². The zero-order valence-electron chi connectivity index (χ0n) is 20.8. The molecule has 3 aromatic carbocycles. The predicted octanol–water partition coefficient (Wildman–Crippen LogP) is 4.76. The van der Waals surface area contributed by atoms with E-state index in [9.17, 15) is 19.2 Å². The average Bonchev–Trinajstić information content (AvgIpc) is 3.17. The van der Waals surface area contributed by atoms with Crippen molar-refractivity contribution >= 4 is 46.8 Å². The van der Waals surface area contributed by atoms with Crippen molar-refractivity contribution in [2.45, 2.75) is 31.8 Å². The fraction of sp³-hybridized carbons (Fsp3) is 0.241. The molecule has 1 N–H and O–H groups in total. The third kappa shape index (κ3) is 5.90. The third-order valence-electron chi connectivity index (χ3n) is 6.56. The smallest absolute Gasteiger partial charge is 0.261 e. The minimum atomic E-state index is -0.832. The number of nitrogens with one attached hydrogen (secondary N) is 1. The van der Waals surface area contributed by atoms with Gasteiger partial charge in [-0.15, -0.1) is 0 Å². The van der Waals surface area contributed by atoms with Crippen LogP contribution in [0.5, 0.6) is 0 Å². The van der Waals surface area contributed by atoms with Crippen molar-refractivity contribution in [2.24, 2.45) is 0 Å². The molecule has 4 rings (SSSR count). The molecule has 9 heteroatoms. The number of amides is 4. The van der Waals surface area contributed by atoms with Gasteiger partial charge in [0.05, 0.1) is 11.1 Å². The summed E-state index contributed by atoms with van der Waals surface area (Å²) in [4.78, 5) is 54.7. The molecule has 1 heterocycles. The number of nitrogens with zero attached hydrogens (tertiary/aromatic N) is 2. The molecule has 1 aliphatic heterocycles. The number of benzene rings is 3. The fourth-order valence-electron chi connectivity index (χ4n) is 4.55. The Hall–Kier alpha value is -3.68. The average molecular weight is 552 g/mol. The Morgan fingerprint density at radius 2 is 1.45 bits per heavy atom. The van der Waals surface area contributed by atoms with Crippen molar-refractivity contribution < 1.29 is 19.2 Å². The molecule has 196 valence electrons. The molecule has 38 heavy (non-hydrogen) atoms. The molecular weight excluding hydrogens is 525 g/mol. The molecule has 1 atom stereocenters. The van der Waals surface area contributed by atoms with Gasteiger partial charge in [-0.25, -0.2) is 0 Å². The van der Waals surface area contributed by atoms with Gasteiger partial charge < -0.3 is 10.2 Å². The number of hydrogen-bond acceptors (Lipinski definition) is 4. The van der Waals surface area contributed by atoms with Crippen LogP contribution in [0.1, 0.15) is 44.7 Å². The van der Waals surface area contributed by atoms with Gasteiger partial charge in [0, 0.05) is 48.6 Å². The summed E-state index contributed by atoms with van der Waals surface area (Å²) < 4.78 is 0. The van der Waals surface area contributed by atoms with Crippen LogP contribution in [0.2, 0.25) is 10.0 Å². The lowest BCUT2D eigenvalue weighted by Crippen LogP contribution is -2.50. The maximum absolute atomic E-state index is 13.6. The van der Waals surface area contributed by atoms with Crippen LogP contribution in [0.15, 0.2) is 72.8 Å². The molecule has 1 unspecified atom stereocenters. The Bertz CT molecular complexity index is 1310. The number of likely N-dealkylation sites (N-methyl/N-ethyl adjacent to an activating group) is 1. The van der Waals surface area contributed by atoms with Crippen LogP contribution in [-0.2, 0) is 22.6 Å². The zero-order valence-corrected chi connectivity index (χ0v) is 22.3. The number of imide groups is 1. The maximum Gasteiger partial charge on any atom is 0.261 e. The lowest BCUT2D eigenvalue weighted by Gasteiger charge is -2.32. The third-order valence-corrected chi connectivity index (χ3v) is 7.27. The summed E-state index contributed by atoms with van der Waals surface area (Å²) in [6.07, 6.45) is 0.535. The zero-order chi connectivity index (χ0) is 27.2. The summed E-state index contributed by atoms with van der Waals surface area (Å²) in [5.41, 5.74) is 2.14. The van der Waals surface area contributed by atoms with Crippen LogP contribution >= 0.6 is 23.2 Å². The van der Waals surface area contributed by atoms with E-state index in [1.54, 1.807) is 42.5 Å². The Labute approximate surface area is 231 Å². The van der Waals surface area contributed by atoms with Crippen LogP contribution in [0.4, 0.5) is 0 Å². The minimum Gasteiger partial charge on any atom is -0.357 e. The van der Waals surface area contributed by atoms with Gasteiger partial charge >= 0.3 is 0 Å². The van der Waals surface area contributed by atoms with E-state index in [0.29, 0.717) is 26.7 Å². The molecule has 1 aliphatic rings. The number of rotatable bonds is 10. The number of hydrogen-bond donors (Lipinski definition) is 1. The van der Waals surface area contributed by atoms with Crippen molar-refractivity contribution in [2.75, 3.05) is 13.6 Å². The lowest BCUT2D eigenvalue weighted by atomic mass is 10.0. The van der Waals surface area contributed by atoms with Crippen LogP contribution in [0, 0.1) is 0 Å². The van der Waals surface area contributed by atoms with E-state index < -0.39 is 6.04 Å². The van der Waals surface area contributed by atoms with Crippen molar-refractivity contribution in [3.63, 3.8) is 0 Å². The Kier molecular flexibility index (Phi) is 8.81. The summed E-state index contributed by atoms with van der Waals surface area (Å²) in [7, 11) is 1.52. The molecule has 0 fully saturated rings. The first-order chi connectivity index (χ1) is 18.3. The van der Waals surface area contributed by atoms with Crippen LogP contribution < -0.4 is 5.32 Å². The SMILES string of the molecule is CNC(=O)C(Cc1ccccc1)N(Cc1c(Cl)cccc1Cl)C(=O)CCCN1C(=O)c2ccccc2C1=O. The number of fused-ring (bicyclic) bond motifs is 1. The highest BCUT2D eigenvalue weighted by molar-refractivity contribution is 6.36. The first kappa shape index (κ1) is 27.4. The van der Waals surface area contributed by atoms with Gasteiger partial charge in [-0.3, -0.25) is 24.1 Å². The number of carbonyl (C=O) groups is 4.